The molecule has 0 radical (unpaired) electrons. The van der Waals surface area contributed by atoms with Crippen LogP contribution in [0.15, 0.2) is 29.0 Å². The van der Waals surface area contributed by atoms with Crippen molar-refractivity contribution in [2.45, 2.75) is 12.5 Å². The van der Waals surface area contributed by atoms with Crippen LogP contribution in [0.5, 0.6) is 11.5 Å². The van der Waals surface area contributed by atoms with E-state index in [0.29, 0.717) is 6.54 Å². The maximum atomic E-state index is 5.93. The molecule has 4 heteroatoms. The molecule has 0 saturated heterocycles. The Labute approximate surface area is 110 Å². The fourth-order valence-corrected chi connectivity index (χ4v) is 2.94. The van der Waals surface area contributed by atoms with Gasteiger partial charge in [-0.25, -0.2) is 0 Å². The standard InChI is InChI=1S/C14H15NO2S/c1-16-11-4-10-5-12(7-15)17-14(10)13(6-11)9-2-3-18-8-9/h2-4,6,8,12H,5,7,15H2,1H3/t12-/m1/s1. The molecule has 2 heterocycles. The zero-order chi connectivity index (χ0) is 12.5. The maximum absolute atomic E-state index is 5.93. The number of fused-ring (bicyclic) bond motifs is 1. The molecule has 0 aliphatic carbocycles. The minimum Gasteiger partial charge on any atom is -0.497 e. The Morgan fingerprint density at radius 2 is 2.39 bits per heavy atom. The zero-order valence-corrected chi connectivity index (χ0v) is 11.0. The topological polar surface area (TPSA) is 44.5 Å². The Balaban J connectivity index is 2.11. The van der Waals surface area contributed by atoms with E-state index in [1.165, 1.54) is 11.1 Å². The highest BCUT2D eigenvalue weighted by molar-refractivity contribution is 7.08. The average Bonchev–Trinajstić information content (AvgIpc) is 3.05. The molecule has 2 N–H and O–H groups in total. The predicted molar refractivity (Wildman–Crippen MR) is 73.5 cm³/mol. The van der Waals surface area contributed by atoms with Crippen LogP contribution in [-0.2, 0) is 6.42 Å². The molecule has 1 atom stereocenters. The van der Waals surface area contributed by atoms with Gasteiger partial charge in [0.25, 0.3) is 0 Å². The van der Waals surface area contributed by atoms with Crippen molar-refractivity contribution in [3.63, 3.8) is 0 Å². The predicted octanol–water partition coefficient (Wildman–Crippen LogP) is 2.69. The van der Waals surface area contributed by atoms with Crippen molar-refractivity contribution >= 4 is 11.3 Å². The number of benzene rings is 1. The number of rotatable bonds is 3. The smallest absolute Gasteiger partial charge is 0.131 e. The van der Waals surface area contributed by atoms with E-state index in [1.54, 1.807) is 18.4 Å². The van der Waals surface area contributed by atoms with Gasteiger partial charge in [0.15, 0.2) is 0 Å². The average molecular weight is 261 g/mol. The van der Waals surface area contributed by atoms with Crippen LogP contribution in [-0.4, -0.2) is 19.8 Å². The van der Waals surface area contributed by atoms with Gasteiger partial charge in [-0.05, 0) is 34.5 Å². The monoisotopic (exact) mass is 261 g/mol. The third kappa shape index (κ3) is 1.87. The van der Waals surface area contributed by atoms with E-state index in [4.69, 9.17) is 15.2 Å². The minimum atomic E-state index is 0.0875. The quantitative estimate of drug-likeness (QED) is 0.924. The zero-order valence-electron chi connectivity index (χ0n) is 10.2. The lowest BCUT2D eigenvalue weighted by molar-refractivity contribution is 0.242. The summed E-state index contributed by atoms with van der Waals surface area (Å²) in [6.07, 6.45) is 0.949. The van der Waals surface area contributed by atoms with Crippen LogP contribution in [0, 0.1) is 0 Å². The summed E-state index contributed by atoms with van der Waals surface area (Å²) in [5, 5.41) is 4.19. The van der Waals surface area contributed by atoms with Crippen LogP contribution in [0.1, 0.15) is 5.56 Å². The van der Waals surface area contributed by atoms with Crippen LogP contribution < -0.4 is 15.2 Å². The van der Waals surface area contributed by atoms with Gasteiger partial charge in [-0.2, -0.15) is 11.3 Å². The molecule has 2 aromatic rings. The highest BCUT2D eigenvalue weighted by Crippen LogP contribution is 2.42. The second-order valence-corrected chi connectivity index (χ2v) is 5.13. The summed E-state index contributed by atoms with van der Waals surface area (Å²) < 4.78 is 11.3. The molecule has 3 rings (SSSR count). The van der Waals surface area contributed by atoms with E-state index >= 15 is 0 Å². The van der Waals surface area contributed by atoms with Crippen molar-refractivity contribution in [2.75, 3.05) is 13.7 Å². The fraction of sp³-hybridized carbons (Fsp3) is 0.286. The Morgan fingerprint density at radius 3 is 3.06 bits per heavy atom. The number of ether oxygens (including phenoxy) is 2. The summed E-state index contributed by atoms with van der Waals surface area (Å²) in [6, 6.07) is 6.17. The van der Waals surface area contributed by atoms with Crippen molar-refractivity contribution in [2.24, 2.45) is 5.73 Å². The van der Waals surface area contributed by atoms with Gasteiger partial charge in [0.1, 0.15) is 17.6 Å². The van der Waals surface area contributed by atoms with Crippen LogP contribution in [0.25, 0.3) is 11.1 Å². The van der Waals surface area contributed by atoms with Crippen LogP contribution >= 0.6 is 11.3 Å². The number of hydrogen-bond acceptors (Lipinski definition) is 4. The van der Waals surface area contributed by atoms with E-state index in [-0.39, 0.29) is 6.10 Å². The lowest BCUT2D eigenvalue weighted by Crippen LogP contribution is -2.24. The summed E-state index contributed by atoms with van der Waals surface area (Å²) in [6.45, 7) is 0.542. The molecule has 94 valence electrons. The van der Waals surface area contributed by atoms with E-state index < -0.39 is 0 Å². The highest BCUT2D eigenvalue weighted by atomic mass is 32.1. The molecule has 1 aliphatic rings. The molecule has 0 spiro atoms. The van der Waals surface area contributed by atoms with Crippen molar-refractivity contribution in [1.82, 2.24) is 0 Å². The van der Waals surface area contributed by atoms with Crippen LogP contribution in [0.2, 0.25) is 0 Å². The number of methoxy groups -OCH3 is 1. The molecular weight excluding hydrogens is 246 g/mol. The largest absolute Gasteiger partial charge is 0.497 e. The lowest BCUT2D eigenvalue weighted by Gasteiger charge is -2.11. The summed E-state index contributed by atoms with van der Waals surface area (Å²) >= 11 is 1.68. The summed E-state index contributed by atoms with van der Waals surface area (Å²) in [4.78, 5) is 0. The molecule has 18 heavy (non-hydrogen) atoms. The summed E-state index contributed by atoms with van der Waals surface area (Å²) in [7, 11) is 1.69. The molecule has 0 unspecified atom stereocenters. The van der Waals surface area contributed by atoms with Gasteiger partial charge >= 0.3 is 0 Å². The highest BCUT2D eigenvalue weighted by Gasteiger charge is 2.26. The molecule has 0 amide bonds. The van der Waals surface area contributed by atoms with Crippen LogP contribution in [0.3, 0.4) is 0 Å². The van der Waals surface area contributed by atoms with E-state index in [1.807, 2.05) is 12.1 Å². The SMILES string of the molecule is COc1cc2c(c(-c3ccsc3)c1)O[C@@H](CN)C2. The molecule has 3 nitrogen and oxygen atoms in total. The molecule has 1 aromatic heterocycles. The number of nitrogens with two attached hydrogens (primary N) is 1. The molecule has 0 fully saturated rings. The van der Waals surface area contributed by atoms with Crippen molar-refractivity contribution < 1.29 is 9.47 Å². The van der Waals surface area contributed by atoms with Crippen molar-refractivity contribution in [3.05, 3.63) is 34.5 Å². The Morgan fingerprint density at radius 1 is 1.50 bits per heavy atom. The molecule has 1 aliphatic heterocycles. The van der Waals surface area contributed by atoms with Crippen molar-refractivity contribution in [3.8, 4) is 22.6 Å². The van der Waals surface area contributed by atoms with Gasteiger partial charge in [0.2, 0.25) is 0 Å². The maximum Gasteiger partial charge on any atom is 0.131 e. The van der Waals surface area contributed by atoms with E-state index in [2.05, 4.69) is 16.8 Å². The summed E-state index contributed by atoms with van der Waals surface area (Å²) in [5.41, 5.74) is 9.16. The first-order valence-corrected chi connectivity index (χ1v) is 6.86. The number of thiophene rings is 1. The Hall–Kier alpha value is -1.52. The Bertz CT molecular complexity index is 551. The lowest BCUT2D eigenvalue weighted by atomic mass is 10.0. The van der Waals surface area contributed by atoms with Gasteiger partial charge in [-0.3, -0.25) is 0 Å². The molecule has 0 bridgehead atoms. The van der Waals surface area contributed by atoms with Gasteiger partial charge in [0, 0.05) is 24.1 Å². The minimum absolute atomic E-state index is 0.0875. The van der Waals surface area contributed by atoms with Gasteiger partial charge in [-0.1, -0.05) is 0 Å². The second-order valence-electron chi connectivity index (χ2n) is 4.35. The van der Waals surface area contributed by atoms with Gasteiger partial charge < -0.3 is 15.2 Å². The van der Waals surface area contributed by atoms with Crippen LogP contribution in [0.4, 0.5) is 0 Å². The summed E-state index contributed by atoms with van der Waals surface area (Å²) in [5.74, 6) is 1.83. The molecule has 1 aromatic carbocycles. The first-order chi connectivity index (χ1) is 8.81. The van der Waals surface area contributed by atoms with E-state index in [0.717, 1.165) is 23.5 Å². The van der Waals surface area contributed by atoms with Crippen molar-refractivity contribution in [1.29, 1.82) is 0 Å². The van der Waals surface area contributed by atoms with E-state index in [9.17, 15) is 0 Å². The first kappa shape index (κ1) is 11.6. The third-order valence-corrected chi connectivity index (χ3v) is 3.89. The second kappa shape index (κ2) is 4.63. The molecule has 0 saturated carbocycles. The van der Waals surface area contributed by atoms with Gasteiger partial charge in [0.05, 0.1) is 7.11 Å². The number of hydrogen-bond donors (Lipinski definition) is 1. The third-order valence-electron chi connectivity index (χ3n) is 3.20. The normalized spacial score (nSPS) is 17.3. The first-order valence-electron chi connectivity index (χ1n) is 5.92. The van der Waals surface area contributed by atoms with Gasteiger partial charge in [-0.15, -0.1) is 0 Å². The molecular formula is C14H15NO2S. The fourth-order valence-electron chi connectivity index (χ4n) is 2.29. The Kier molecular flexibility index (Phi) is 2.97.